The Bertz CT molecular complexity index is 518. The molecule has 2 rings (SSSR count). The van der Waals surface area contributed by atoms with E-state index in [4.69, 9.17) is 0 Å². The van der Waals surface area contributed by atoms with Gasteiger partial charge in [-0.05, 0) is 62.3 Å². The van der Waals surface area contributed by atoms with E-state index >= 15 is 0 Å². The van der Waals surface area contributed by atoms with Crippen LogP contribution >= 0.6 is 38.5 Å². The molecule has 0 amide bonds. The highest BCUT2D eigenvalue weighted by Crippen LogP contribution is 2.25. The molecule has 2 nitrogen and oxygen atoms in total. The van der Waals surface area contributed by atoms with Crippen LogP contribution in [0.15, 0.2) is 53.0 Å². The molecule has 18 heavy (non-hydrogen) atoms. The summed E-state index contributed by atoms with van der Waals surface area (Å²) in [5.74, 6) is 0. The first kappa shape index (κ1) is 13.8. The van der Waals surface area contributed by atoms with Crippen LogP contribution in [-0.4, -0.2) is 11.7 Å². The standard InChI is InChI=1S/C14H13BrINO/c15-12-8-11(16)6-7-13(12)17-9-14(18)10-4-2-1-3-5-10/h1-8,14,17-18H,9H2. The van der Waals surface area contributed by atoms with Gasteiger partial charge in [-0.2, -0.15) is 0 Å². The molecule has 2 aromatic rings. The van der Waals surface area contributed by atoms with Crippen LogP contribution in [0, 0.1) is 3.57 Å². The van der Waals surface area contributed by atoms with Crippen LogP contribution in [-0.2, 0) is 0 Å². The van der Waals surface area contributed by atoms with Gasteiger partial charge < -0.3 is 10.4 Å². The molecule has 0 aromatic heterocycles. The van der Waals surface area contributed by atoms with Crippen molar-refractivity contribution in [3.05, 3.63) is 62.1 Å². The topological polar surface area (TPSA) is 32.3 Å². The van der Waals surface area contributed by atoms with E-state index in [9.17, 15) is 5.11 Å². The quantitative estimate of drug-likeness (QED) is 0.730. The fraction of sp³-hybridized carbons (Fsp3) is 0.143. The second-order valence-corrected chi connectivity index (χ2v) is 6.03. The molecule has 0 radical (unpaired) electrons. The number of halogens is 2. The number of anilines is 1. The van der Waals surface area contributed by atoms with E-state index in [-0.39, 0.29) is 0 Å². The second kappa shape index (κ2) is 6.54. The third kappa shape index (κ3) is 3.70. The molecule has 0 aliphatic carbocycles. The predicted octanol–water partition coefficient (Wildman–Crippen LogP) is 4.20. The van der Waals surface area contributed by atoms with Gasteiger partial charge in [0.2, 0.25) is 0 Å². The summed E-state index contributed by atoms with van der Waals surface area (Å²) >= 11 is 5.77. The van der Waals surface area contributed by atoms with Crippen molar-refractivity contribution in [1.29, 1.82) is 0 Å². The average Bonchev–Trinajstić information content (AvgIpc) is 2.38. The Morgan fingerprint density at radius 3 is 2.56 bits per heavy atom. The Morgan fingerprint density at radius 2 is 1.89 bits per heavy atom. The normalized spacial score (nSPS) is 12.2. The predicted molar refractivity (Wildman–Crippen MR) is 86.8 cm³/mol. The number of benzene rings is 2. The summed E-state index contributed by atoms with van der Waals surface area (Å²) in [7, 11) is 0. The van der Waals surface area contributed by atoms with Crippen molar-refractivity contribution in [2.75, 3.05) is 11.9 Å². The monoisotopic (exact) mass is 417 g/mol. The van der Waals surface area contributed by atoms with Crippen LogP contribution in [0.5, 0.6) is 0 Å². The highest BCUT2D eigenvalue weighted by atomic mass is 127. The highest BCUT2D eigenvalue weighted by Gasteiger charge is 2.07. The number of hydrogen-bond acceptors (Lipinski definition) is 2. The maximum Gasteiger partial charge on any atom is 0.0962 e. The molecule has 1 atom stereocenters. The first-order valence-corrected chi connectivity index (χ1v) is 7.46. The minimum atomic E-state index is -0.502. The lowest BCUT2D eigenvalue weighted by atomic mass is 10.1. The van der Waals surface area contributed by atoms with Crippen LogP contribution in [0.1, 0.15) is 11.7 Å². The molecule has 0 heterocycles. The molecule has 0 aliphatic rings. The highest BCUT2D eigenvalue weighted by molar-refractivity contribution is 14.1. The van der Waals surface area contributed by atoms with Gasteiger partial charge in [0.25, 0.3) is 0 Å². The lowest BCUT2D eigenvalue weighted by molar-refractivity contribution is 0.191. The molecule has 0 spiro atoms. The number of nitrogens with one attached hydrogen (secondary N) is 1. The van der Waals surface area contributed by atoms with Crippen LogP contribution in [0.25, 0.3) is 0 Å². The number of aliphatic hydroxyl groups is 1. The lowest BCUT2D eigenvalue weighted by Crippen LogP contribution is -2.12. The molecule has 0 fully saturated rings. The molecule has 4 heteroatoms. The maximum absolute atomic E-state index is 10.0. The molecule has 1 unspecified atom stereocenters. The third-order valence-corrected chi connectivity index (χ3v) is 3.93. The first-order valence-electron chi connectivity index (χ1n) is 5.59. The largest absolute Gasteiger partial charge is 0.387 e. The van der Waals surface area contributed by atoms with Crippen molar-refractivity contribution in [2.45, 2.75) is 6.10 Å². The summed E-state index contributed by atoms with van der Waals surface area (Å²) in [6, 6.07) is 15.7. The van der Waals surface area contributed by atoms with Crippen molar-refractivity contribution in [3.63, 3.8) is 0 Å². The zero-order valence-electron chi connectivity index (χ0n) is 9.61. The van der Waals surface area contributed by atoms with E-state index < -0.39 is 6.10 Å². The van der Waals surface area contributed by atoms with Gasteiger partial charge in [0.15, 0.2) is 0 Å². The van der Waals surface area contributed by atoms with Crippen molar-refractivity contribution in [1.82, 2.24) is 0 Å². The number of rotatable bonds is 4. The van der Waals surface area contributed by atoms with Crippen LogP contribution in [0.2, 0.25) is 0 Å². The van der Waals surface area contributed by atoms with Gasteiger partial charge in [0.05, 0.1) is 6.10 Å². The van der Waals surface area contributed by atoms with Crippen molar-refractivity contribution < 1.29 is 5.11 Å². The van der Waals surface area contributed by atoms with E-state index in [2.05, 4.69) is 43.8 Å². The summed E-state index contributed by atoms with van der Waals surface area (Å²) in [5.41, 5.74) is 1.91. The Morgan fingerprint density at radius 1 is 1.17 bits per heavy atom. The van der Waals surface area contributed by atoms with Gasteiger partial charge in [-0.15, -0.1) is 0 Å². The van der Waals surface area contributed by atoms with E-state index in [1.54, 1.807) is 0 Å². The maximum atomic E-state index is 10.0. The minimum absolute atomic E-state index is 0.489. The Kier molecular flexibility index (Phi) is 5.03. The Labute approximate surface area is 129 Å². The summed E-state index contributed by atoms with van der Waals surface area (Å²) in [5, 5.41) is 13.3. The Hall–Kier alpha value is -0.590. The van der Waals surface area contributed by atoms with Crippen LogP contribution < -0.4 is 5.32 Å². The smallest absolute Gasteiger partial charge is 0.0962 e. The van der Waals surface area contributed by atoms with Crippen LogP contribution in [0.3, 0.4) is 0 Å². The summed E-state index contributed by atoms with van der Waals surface area (Å²) in [4.78, 5) is 0. The second-order valence-electron chi connectivity index (χ2n) is 3.93. The lowest BCUT2D eigenvalue weighted by Gasteiger charge is -2.14. The SMILES string of the molecule is OC(CNc1ccc(I)cc1Br)c1ccccc1. The van der Waals surface area contributed by atoms with E-state index in [0.29, 0.717) is 6.54 Å². The van der Waals surface area contributed by atoms with Crippen molar-refractivity contribution in [3.8, 4) is 0 Å². The fourth-order valence-electron chi connectivity index (χ4n) is 1.63. The van der Waals surface area contributed by atoms with Crippen molar-refractivity contribution >= 4 is 44.2 Å². The molecule has 94 valence electrons. The molecular formula is C14H13BrINO. The van der Waals surface area contributed by atoms with E-state index in [1.165, 1.54) is 3.57 Å². The zero-order valence-corrected chi connectivity index (χ0v) is 13.3. The van der Waals surface area contributed by atoms with E-state index in [0.717, 1.165) is 15.7 Å². The number of hydrogen-bond donors (Lipinski definition) is 2. The van der Waals surface area contributed by atoms with Gasteiger partial charge in [0, 0.05) is 20.3 Å². The van der Waals surface area contributed by atoms with Gasteiger partial charge in [-0.1, -0.05) is 30.3 Å². The Balaban J connectivity index is 1.99. The third-order valence-electron chi connectivity index (χ3n) is 2.60. The zero-order chi connectivity index (χ0) is 13.0. The summed E-state index contributed by atoms with van der Waals surface area (Å²) in [6.07, 6.45) is -0.502. The molecule has 2 aromatic carbocycles. The fourth-order valence-corrected chi connectivity index (χ4v) is 3.07. The van der Waals surface area contributed by atoms with Gasteiger partial charge in [0.1, 0.15) is 0 Å². The number of aliphatic hydroxyl groups excluding tert-OH is 1. The molecule has 0 saturated carbocycles. The van der Waals surface area contributed by atoms with Gasteiger partial charge in [-0.3, -0.25) is 0 Å². The summed E-state index contributed by atoms with van der Waals surface area (Å²) < 4.78 is 2.18. The average molecular weight is 418 g/mol. The minimum Gasteiger partial charge on any atom is -0.387 e. The van der Waals surface area contributed by atoms with Gasteiger partial charge >= 0.3 is 0 Å². The summed E-state index contributed by atoms with van der Waals surface area (Å²) in [6.45, 7) is 0.489. The molecule has 0 aliphatic heterocycles. The molecule has 0 saturated heterocycles. The van der Waals surface area contributed by atoms with Crippen LogP contribution in [0.4, 0.5) is 5.69 Å². The van der Waals surface area contributed by atoms with E-state index in [1.807, 2.05) is 48.5 Å². The van der Waals surface area contributed by atoms with Gasteiger partial charge in [-0.25, -0.2) is 0 Å². The van der Waals surface area contributed by atoms with Crippen molar-refractivity contribution in [2.24, 2.45) is 0 Å². The molecular weight excluding hydrogens is 405 g/mol. The first-order chi connectivity index (χ1) is 8.66. The molecule has 0 bridgehead atoms. The molecule has 2 N–H and O–H groups in total.